The molecule has 130 valence electrons. The molecule has 1 heterocycles. The molecule has 2 atom stereocenters. The first-order valence-electron chi connectivity index (χ1n) is 9.04. The summed E-state index contributed by atoms with van der Waals surface area (Å²) in [5, 5.41) is 6.20. The third-order valence-corrected chi connectivity index (χ3v) is 8.02. The zero-order valence-electron chi connectivity index (χ0n) is 14.0. The maximum absolute atomic E-state index is 13.3. The van der Waals surface area contributed by atoms with E-state index in [1.54, 1.807) is 11.3 Å². The summed E-state index contributed by atoms with van der Waals surface area (Å²) in [5.41, 5.74) is 1.78. The minimum atomic E-state index is -0.176. The lowest BCUT2D eigenvalue weighted by atomic mass is 9.49. The Balaban J connectivity index is 1.40. The third-order valence-electron chi connectivity index (χ3n) is 6.27. The fourth-order valence-electron chi connectivity index (χ4n) is 5.78. The Morgan fingerprint density at radius 1 is 1.24 bits per heavy atom. The van der Waals surface area contributed by atoms with Crippen molar-refractivity contribution in [1.29, 1.82) is 0 Å². The summed E-state index contributed by atoms with van der Waals surface area (Å²) in [7, 11) is 0. The van der Waals surface area contributed by atoms with Crippen molar-refractivity contribution in [3.8, 4) is 10.6 Å². The number of hydrogen-bond acceptors (Lipinski definition) is 3. The molecule has 5 heteroatoms. The highest BCUT2D eigenvalue weighted by Crippen LogP contribution is 2.64. The van der Waals surface area contributed by atoms with E-state index >= 15 is 0 Å². The van der Waals surface area contributed by atoms with Gasteiger partial charge >= 0.3 is 0 Å². The molecular weight excluding hydrogens is 396 g/mol. The van der Waals surface area contributed by atoms with Crippen LogP contribution in [-0.2, 0) is 4.79 Å². The van der Waals surface area contributed by atoms with Crippen molar-refractivity contribution in [3.05, 3.63) is 35.8 Å². The SMILES string of the molecule is O=C(Nc1cccc(-c2nccs2)c1)C12C[C@H]3C[C@@H](CC(Br)(C3)C1)C2. The molecule has 4 bridgehead atoms. The Morgan fingerprint density at radius 3 is 2.72 bits per heavy atom. The number of halogens is 1. The van der Waals surface area contributed by atoms with Gasteiger partial charge in [0.25, 0.3) is 0 Å². The molecule has 3 nitrogen and oxygen atoms in total. The Bertz CT molecular complexity index is 805. The summed E-state index contributed by atoms with van der Waals surface area (Å²) in [6, 6.07) is 8.07. The highest BCUT2D eigenvalue weighted by atomic mass is 79.9. The van der Waals surface area contributed by atoms with Gasteiger partial charge in [-0.25, -0.2) is 4.98 Å². The van der Waals surface area contributed by atoms with Gasteiger partial charge in [0.05, 0.1) is 5.41 Å². The molecule has 6 rings (SSSR count). The Labute approximate surface area is 160 Å². The molecule has 0 spiro atoms. The molecule has 0 saturated heterocycles. The van der Waals surface area contributed by atoms with E-state index in [4.69, 9.17) is 0 Å². The number of hydrogen-bond donors (Lipinski definition) is 1. The first-order valence-corrected chi connectivity index (χ1v) is 10.7. The van der Waals surface area contributed by atoms with Crippen LogP contribution >= 0.6 is 27.3 Å². The van der Waals surface area contributed by atoms with Gasteiger partial charge < -0.3 is 5.32 Å². The van der Waals surface area contributed by atoms with Crippen LogP contribution in [-0.4, -0.2) is 15.2 Å². The fraction of sp³-hybridized carbons (Fsp3) is 0.500. The van der Waals surface area contributed by atoms with Gasteiger partial charge in [-0.3, -0.25) is 4.79 Å². The Morgan fingerprint density at radius 2 is 2.04 bits per heavy atom. The van der Waals surface area contributed by atoms with Crippen molar-refractivity contribution < 1.29 is 4.79 Å². The van der Waals surface area contributed by atoms with E-state index in [0.717, 1.165) is 35.5 Å². The molecule has 1 N–H and O–H groups in total. The third kappa shape index (κ3) is 2.76. The number of carbonyl (C=O) groups is 1. The molecule has 1 amide bonds. The molecule has 0 radical (unpaired) electrons. The average Bonchev–Trinajstić information content (AvgIpc) is 3.07. The molecule has 25 heavy (non-hydrogen) atoms. The van der Waals surface area contributed by atoms with E-state index in [1.165, 1.54) is 19.3 Å². The van der Waals surface area contributed by atoms with Crippen LogP contribution in [0.15, 0.2) is 35.8 Å². The zero-order chi connectivity index (χ0) is 17.1. The minimum Gasteiger partial charge on any atom is -0.326 e. The number of amides is 1. The van der Waals surface area contributed by atoms with Crippen LogP contribution < -0.4 is 5.32 Å². The molecule has 0 aliphatic heterocycles. The topological polar surface area (TPSA) is 42.0 Å². The van der Waals surface area contributed by atoms with Gasteiger partial charge in [0.1, 0.15) is 5.01 Å². The van der Waals surface area contributed by atoms with Gasteiger partial charge in [0.15, 0.2) is 0 Å². The minimum absolute atomic E-state index is 0.176. The molecule has 1 aromatic heterocycles. The maximum atomic E-state index is 13.3. The van der Waals surface area contributed by atoms with E-state index < -0.39 is 0 Å². The average molecular weight is 417 g/mol. The summed E-state index contributed by atoms with van der Waals surface area (Å²) < 4.78 is 0.206. The number of rotatable bonds is 3. The quantitative estimate of drug-likeness (QED) is 0.672. The van der Waals surface area contributed by atoms with Crippen molar-refractivity contribution in [2.24, 2.45) is 17.3 Å². The molecule has 4 aliphatic carbocycles. The van der Waals surface area contributed by atoms with Crippen molar-refractivity contribution in [2.75, 3.05) is 5.32 Å². The van der Waals surface area contributed by atoms with E-state index in [2.05, 4.69) is 26.2 Å². The number of benzene rings is 1. The molecule has 2 aromatic rings. The van der Waals surface area contributed by atoms with E-state index in [0.29, 0.717) is 11.8 Å². The second-order valence-corrected chi connectivity index (χ2v) is 10.8. The van der Waals surface area contributed by atoms with Gasteiger partial charge in [0.2, 0.25) is 5.91 Å². The van der Waals surface area contributed by atoms with Crippen LogP contribution in [0.1, 0.15) is 38.5 Å². The number of alkyl halides is 1. The predicted octanol–water partition coefficient (Wildman–Crippen LogP) is 5.48. The van der Waals surface area contributed by atoms with Gasteiger partial charge in [0, 0.05) is 27.2 Å². The van der Waals surface area contributed by atoms with Crippen LogP contribution in [0.25, 0.3) is 10.6 Å². The normalized spacial score (nSPS) is 35.7. The summed E-state index contributed by atoms with van der Waals surface area (Å²) in [6.07, 6.45) is 8.75. The summed E-state index contributed by atoms with van der Waals surface area (Å²) in [4.78, 5) is 17.6. The summed E-state index contributed by atoms with van der Waals surface area (Å²) in [5.74, 6) is 1.66. The first-order chi connectivity index (χ1) is 12.0. The van der Waals surface area contributed by atoms with E-state index in [9.17, 15) is 4.79 Å². The largest absolute Gasteiger partial charge is 0.326 e. The zero-order valence-corrected chi connectivity index (χ0v) is 16.4. The number of nitrogens with one attached hydrogen (secondary N) is 1. The highest BCUT2D eigenvalue weighted by molar-refractivity contribution is 9.10. The smallest absolute Gasteiger partial charge is 0.230 e. The molecule has 0 unspecified atom stereocenters. The van der Waals surface area contributed by atoms with Crippen molar-refractivity contribution in [2.45, 2.75) is 42.8 Å². The Kier molecular flexibility index (Phi) is 3.62. The van der Waals surface area contributed by atoms with E-state index in [-0.39, 0.29) is 15.6 Å². The lowest BCUT2D eigenvalue weighted by molar-refractivity contribution is -0.138. The van der Waals surface area contributed by atoms with Gasteiger partial charge in [-0.2, -0.15) is 0 Å². The Hall–Kier alpha value is -1.20. The number of aromatic nitrogens is 1. The van der Waals surface area contributed by atoms with Crippen LogP contribution in [0.2, 0.25) is 0 Å². The van der Waals surface area contributed by atoms with Crippen LogP contribution in [0.3, 0.4) is 0 Å². The number of carbonyl (C=O) groups excluding carboxylic acids is 1. The highest BCUT2D eigenvalue weighted by Gasteiger charge is 2.59. The fourth-order valence-corrected chi connectivity index (χ4v) is 7.86. The lowest BCUT2D eigenvalue weighted by Crippen LogP contribution is -2.57. The van der Waals surface area contributed by atoms with Crippen LogP contribution in [0.4, 0.5) is 5.69 Å². The predicted molar refractivity (Wildman–Crippen MR) is 105 cm³/mol. The van der Waals surface area contributed by atoms with Crippen molar-refractivity contribution >= 4 is 38.9 Å². The molecular formula is C20H21BrN2OS. The van der Waals surface area contributed by atoms with Gasteiger partial charge in [-0.15, -0.1) is 11.3 Å². The number of nitrogens with zero attached hydrogens (tertiary/aromatic N) is 1. The van der Waals surface area contributed by atoms with Gasteiger partial charge in [-0.05, 0) is 62.5 Å². The van der Waals surface area contributed by atoms with Crippen LogP contribution in [0, 0.1) is 17.3 Å². The maximum Gasteiger partial charge on any atom is 0.230 e. The summed E-state index contributed by atoms with van der Waals surface area (Å²) >= 11 is 5.62. The van der Waals surface area contributed by atoms with E-state index in [1.807, 2.05) is 35.8 Å². The standard InChI is InChI=1S/C20H21BrN2OS/c21-20-10-13-6-14(11-20)9-19(8-13,12-20)18(24)23-16-3-1-2-15(7-16)17-22-4-5-25-17/h1-5,7,13-14H,6,8-12H2,(H,23,24)/t13-,14-,19?,20?/m1/s1. The second kappa shape index (κ2) is 5.65. The molecule has 4 fully saturated rings. The molecule has 1 aromatic carbocycles. The molecule has 4 aliphatic rings. The number of anilines is 1. The number of thiazole rings is 1. The first kappa shape index (κ1) is 16.0. The lowest BCUT2D eigenvalue weighted by Gasteiger charge is -2.59. The summed E-state index contributed by atoms with van der Waals surface area (Å²) in [6.45, 7) is 0. The van der Waals surface area contributed by atoms with Crippen LogP contribution in [0.5, 0.6) is 0 Å². The second-order valence-electron chi connectivity index (χ2n) is 8.26. The van der Waals surface area contributed by atoms with Crippen molar-refractivity contribution in [3.63, 3.8) is 0 Å². The molecule has 4 saturated carbocycles. The van der Waals surface area contributed by atoms with Crippen molar-refractivity contribution in [1.82, 2.24) is 4.98 Å². The van der Waals surface area contributed by atoms with Gasteiger partial charge in [-0.1, -0.05) is 28.1 Å². The monoisotopic (exact) mass is 416 g/mol.